The van der Waals surface area contributed by atoms with E-state index in [9.17, 15) is 4.79 Å². The Kier molecular flexibility index (Phi) is 8.06. The summed E-state index contributed by atoms with van der Waals surface area (Å²) >= 11 is 0. The number of quaternary nitrogens is 1. The van der Waals surface area contributed by atoms with Crippen molar-refractivity contribution in [2.75, 3.05) is 34.3 Å². The van der Waals surface area contributed by atoms with Crippen LogP contribution >= 0.6 is 0 Å². The molecule has 0 aromatic rings. The maximum absolute atomic E-state index is 10.3. The van der Waals surface area contributed by atoms with E-state index >= 15 is 0 Å². The molecule has 0 bridgehead atoms. The monoisotopic (exact) mass is 188 g/mol. The Bertz CT molecular complexity index is 128. The summed E-state index contributed by atoms with van der Waals surface area (Å²) in [5.41, 5.74) is 0. The van der Waals surface area contributed by atoms with E-state index in [1.54, 1.807) is 0 Å². The van der Waals surface area contributed by atoms with Crippen LogP contribution in [0.4, 0.5) is 0 Å². The predicted octanol–water partition coefficient (Wildman–Crippen LogP) is 0.0999. The quantitative estimate of drug-likeness (QED) is 0.357. The molecule has 0 rings (SSSR count). The van der Waals surface area contributed by atoms with Gasteiger partial charge in [-0.05, 0) is 0 Å². The number of rotatable bonds is 3. The fourth-order valence-corrected chi connectivity index (χ4v) is 0.463. The van der Waals surface area contributed by atoms with Crippen LogP contribution in [0, 0.1) is 0 Å². The third-order valence-electron chi connectivity index (χ3n) is 1.07. The summed E-state index contributed by atoms with van der Waals surface area (Å²) in [5.74, 6) is -0.201. The van der Waals surface area contributed by atoms with Crippen molar-refractivity contribution in [1.29, 1.82) is 0 Å². The standard InChI is InChI=1S/C7H16NO2.Ca.2H/c1-7(9)10-6-5-8(2,3)4;;;/h5-6H2,1-4H3;;;/q+1;+2;2*-1. The minimum Gasteiger partial charge on any atom is -1.00 e. The molecule has 0 aromatic heterocycles. The summed E-state index contributed by atoms with van der Waals surface area (Å²) in [6.45, 7) is 2.80. The summed E-state index contributed by atoms with van der Waals surface area (Å²) in [5, 5.41) is 0. The van der Waals surface area contributed by atoms with Crippen LogP contribution in [0.1, 0.15) is 9.78 Å². The van der Waals surface area contributed by atoms with E-state index in [0.717, 1.165) is 11.0 Å². The molecule has 0 fully saturated rings. The van der Waals surface area contributed by atoms with Crippen LogP contribution in [0.15, 0.2) is 0 Å². The summed E-state index contributed by atoms with van der Waals surface area (Å²) in [7, 11) is 6.18. The molecule has 0 spiro atoms. The molecule has 0 aliphatic rings. The Morgan fingerprint density at radius 1 is 1.45 bits per heavy atom. The third-order valence-corrected chi connectivity index (χ3v) is 1.07. The van der Waals surface area contributed by atoms with Gasteiger partial charge in [-0.2, -0.15) is 0 Å². The Hall–Kier alpha value is 0.690. The van der Waals surface area contributed by atoms with Crippen molar-refractivity contribution in [2.45, 2.75) is 6.92 Å². The predicted molar refractivity (Wildman–Crippen MR) is 47.5 cm³/mol. The van der Waals surface area contributed by atoms with E-state index in [1.165, 1.54) is 6.92 Å². The van der Waals surface area contributed by atoms with Crippen LogP contribution < -0.4 is 0 Å². The second-order valence-corrected chi connectivity index (χ2v) is 3.35. The van der Waals surface area contributed by atoms with Gasteiger partial charge in [-0.1, -0.05) is 0 Å². The first-order valence-corrected chi connectivity index (χ1v) is 3.35. The minimum atomic E-state index is -0.201. The largest absolute Gasteiger partial charge is 2.00 e. The molecule has 3 nitrogen and oxygen atoms in total. The molecule has 0 heterocycles. The van der Waals surface area contributed by atoms with Crippen molar-refractivity contribution in [1.82, 2.24) is 0 Å². The SMILES string of the molecule is CC(=O)OCC[N+](C)(C)C.[Ca+2].[H-].[H-]. The molecular formula is C7H18CaNO2+. The number of ether oxygens (including phenoxy) is 1. The molecule has 0 saturated carbocycles. The van der Waals surface area contributed by atoms with Gasteiger partial charge in [0.15, 0.2) is 0 Å². The molecule has 0 atom stereocenters. The fourth-order valence-electron chi connectivity index (χ4n) is 0.463. The number of nitrogens with zero attached hydrogens (tertiary/aromatic N) is 1. The Balaban J connectivity index is -0.000000135. The van der Waals surface area contributed by atoms with Crippen LogP contribution in [0.2, 0.25) is 0 Å². The molecule has 0 aliphatic heterocycles. The number of hydrogen-bond acceptors (Lipinski definition) is 2. The van der Waals surface area contributed by atoms with Crippen molar-refractivity contribution in [2.24, 2.45) is 0 Å². The van der Waals surface area contributed by atoms with Crippen LogP contribution in [0.3, 0.4) is 0 Å². The zero-order chi connectivity index (χ0) is 8.20. The van der Waals surface area contributed by atoms with Gasteiger partial charge in [-0.3, -0.25) is 4.79 Å². The first kappa shape index (κ1) is 14.2. The molecule has 0 aliphatic carbocycles. The summed E-state index contributed by atoms with van der Waals surface area (Å²) < 4.78 is 5.59. The second-order valence-electron chi connectivity index (χ2n) is 3.35. The molecule has 64 valence electrons. The van der Waals surface area contributed by atoms with Crippen molar-refractivity contribution in [3.8, 4) is 0 Å². The number of carbonyl (C=O) groups excluding carboxylic acids is 1. The van der Waals surface area contributed by atoms with Crippen molar-refractivity contribution < 1.29 is 16.9 Å². The average Bonchev–Trinajstić information content (AvgIpc) is 1.59. The van der Waals surface area contributed by atoms with E-state index in [-0.39, 0.29) is 46.6 Å². The summed E-state index contributed by atoms with van der Waals surface area (Å²) in [6, 6.07) is 0. The molecule has 11 heavy (non-hydrogen) atoms. The topological polar surface area (TPSA) is 26.3 Å². The normalized spacial score (nSPS) is 10.2. The van der Waals surface area contributed by atoms with E-state index in [2.05, 4.69) is 21.1 Å². The van der Waals surface area contributed by atoms with E-state index in [0.29, 0.717) is 6.61 Å². The van der Waals surface area contributed by atoms with Gasteiger partial charge >= 0.3 is 43.7 Å². The smallest absolute Gasteiger partial charge is 1.00 e. The van der Waals surface area contributed by atoms with Crippen molar-refractivity contribution in [3.63, 3.8) is 0 Å². The number of carbonyl (C=O) groups is 1. The van der Waals surface area contributed by atoms with Gasteiger partial charge in [0.05, 0.1) is 21.1 Å². The molecule has 0 N–H and O–H groups in total. The van der Waals surface area contributed by atoms with Gasteiger partial charge in [-0.15, -0.1) is 0 Å². The Labute approximate surface area is 101 Å². The van der Waals surface area contributed by atoms with Crippen molar-refractivity contribution >= 4 is 43.7 Å². The zero-order valence-electron chi connectivity index (χ0n) is 9.89. The van der Waals surface area contributed by atoms with E-state index in [4.69, 9.17) is 4.74 Å². The van der Waals surface area contributed by atoms with E-state index in [1.807, 2.05) is 0 Å². The first-order valence-electron chi connectivity index (χ1n) is 3.35. The minimum absolute atomic E-state index is 0. The van der Waals surface area contributed by atoms with Crippen LogP contribution in [-0.4, -0.2) is 82.5 Å². The Morgan fingerprint density at radius 2 is 1.91 bits per heavy atom. The van der Waals surface area contributed by atoms with Gasteiger partial charge < -0.3 is 12.1 Å². The van der Waals surface area contributed by atoms with Crippen LogP contribution in [0.5, 0.6) is 0 Å². The Morgan fingerprint density at radius 3 is 2.18 bits per heavy atom. The van der Waals surface area contributed by atoms with Gasteiger partial charge in [-0.25, -0.2) is 0 Å². The number of esters is 1. The van der Waals surface area contributed by atoms with Crippen LogP contribution in [-0.2, 0) is 9.53 Å². The number of hydrogen-bond donors (Lipinski definition) is 0. The average molecular weight is 188 g/mol. The second kappa shape index (κ2) is 6.23. The van der Waals surface area contributed by atoms with Crippen molar-refractivity contribution in [3.05, 3.63) is 0 Å². The van der Waals surface area contributed by atoms with Gasteiger partial charge in [0.1, 0.15) is 13.2 Å². The maximum Gasteiger partial charge on any atom is 2.00 e. The first-order chi connectivity index (χ1) is 4.42. The van der Waals surface area contributed by atoms with Crippen LogP contribution in [0.25, 0.3) is 0 Å². The molecule has 0 aromatic carbocycles. The molecule has 0 saturated heterocycles. The third kappa shape index (κ3) is 13.7. The molecule has 0 unspecified atom stereocenters. The summed E-state index contributed by atoms with van der Waals surface area (Å²) in [4.78, 5) is 10.3. The molecular weight excluding hydrogens is 170 g/mol. The fraction of sp³-hybridized carbons (Fsp3) is 0.857. The van der Waals surface area contributed by atoms with Gasteiger partial charge in [0, 0.05) is 6.92 Å². The maximum atomic E-state index is 10.3. The zero-order valence-corrected chi connectivity index (χ0v) is 10.1. The van der Waals surface area contributed by atoms with Gasteiger partial charge in [0.2, 0.25) is 0 Å². The van der Waals surface area contributed by atoms with E-state index < -0.39 is 0 Å². The molecule has 4 heteroatoms. The molecule has 0 radical (unpaired) electrons. The molecule has 0 amide bonds. The van der Waals surface area contributed by atoms with Gasteiger partial charge in [0.25, 0.3) is 0 Å². The summed E-state index contributed by atoms with van der Waals surface area (Å²) in [6.07, 6.45) is 0. The number of likely N-dealkylation sites (N-methyl/N-ethyl adjacent to an activating group) is 1.